The van der Waals surface area contributed by atoms with Crippen LogP contribution in [0.1, 0.15) is 23.3 Å². The number of fused-ring (bicyclic) bond motifs is 3. The minimum absolute atomic E-state index is 0.0642. The molecule has 1 N–H and O–H groups in total. The summed E-state index contributed by atoms with van der Waals surface area (Å²) in [7, 11) is 0. The molecular formula is C20H18O7. The number of aromatic hydroxyl groups is 1. The first kappa shape index (κ1) is 15.4. The fourth-order valence-electron chi connectivity index (χ4n) is 4.50. The van der Waals surface area contributed by atoms with Gasteiger partial charge < -0.3 is 33.5 Å². The van der Waals surface area contributed by atoms with Gasteiger partial charge in [0.05, 0.1) is 25.4 Å². The van der Waals surface area contributed by atoms with Gasteiger partial charge in [0.15, 0.2) is 23.0 Å². The lowest BCUT2D eigenvalue weighted by molar-refractivity contribution is 0.0184. The van der Waals surface area contributed by atoms with E-state index in [0.717, 1.165) is 22.6 Å². The Morgan fingerprint density at radius 2 is 1.44 bits per heavy atom. The molecule has 0 bridgehead atoms. The minimum atomic E-state index is -0.233. The van der Waals surface area contributed by atoms with Gasteiger partial charge in [-0.1, -0.05) is 6.07 Å². The summed E-state index contributed by atoms with van der Waals surface area (Å²) >= 11 is 0. The second-order valence-electron chi connectivity index (χ2n) is 7.19. The van der Waals surface area contributed by atoms with Crippen molar-refractivity contribution in [1.29, 1.82) is 0 Å². The van der Waals surface area contributed by atoms with E-state index in [9.17, 15) is 5.11 Å². The first-order valence-corrected chi connectivity index (χ1v) is 9.04. The molecule has 0 unspecified atom stereocenters. The fourth-order valence-corrected chi connectivity index (χ4v) is 4.50. The Balaban J connectivity index is 1.29. The number of rotatable bonds is 2. The highest BCUT2D eigenvalue weighted by Crippen LogP contribution is 2.54. The van der Waals surface area contributed by atoms with E-state index < -0.39 is 0 Å². The lowest BCUT2D eigenvalue weighted by atomic mass is 9.84. The molecule has 0 amide bonds. The molecule has 140 valence electrons. The summed E-state index contributed by atoms with van der Waals surface area (Å²) in [5.74, 6) is 2.94. The highest BCUT2D eigenvalue weighted by atomic mass is 16.7. The number of benzene rings is 2. The van der Waals surface area contributed by atoms with Crippen molar-refractivity contribution in [2.75, 3.05) is 26.8 Å². The molecule has 7 nitrogen and oxygen atoms in total. The Kier molecular flexibility index (Phi) is 3.24. The van der Waals surface area contributed by atoms with E-state index in [0.29, 0.717) is 24.7 Å². The lowest BCUT2D eigenvalue weighted by Gasteiger charge is -2.18. The van der Waals surface area contributed by atoms with Gasteiger partial charge in [0, 0.05) is 17.4 Å². The predicted octanol–water partition coefficient (Wildman–Crippen LogP) is 2.92. The number of phenols is 1. The van der Waals surface area contributed by atoms with E-state index in [4.69, 9.17) is 28.4 Å². The second kappa shape index (κ2) is 5.68. The van der Waals surface area contributed by atoms with Crippen LogP contribution in [-0.2, 0) is 9.47 Å². The van der Waals surface area contributed by atoms with Crippen LogP contribution < -0.4 is 18.9 Å². The molecule has 6 rings (SSSR count). The van der Waals surface area contributed by atoms with E-state index in [1.807, 2.05) is 30.3 Å². The van der Waals surface area contributed by atoms with Crippen molar-refractivity contribution in [1.82, 2.24) is 0 Å². The Bertz CT molecular complexity index is 911. The lowest BCUT2D eigenvalue weighted by Crippen LogP contribution is -2.14. The summed E-state index contributed by atoms with van der Waals surface area (Å²) in [5.41, 5.74) is 1.78. The first-order chi connectivity index (χ1) is 13.3. The van der Waals surface area contributed by atoms with Crippen molar-refractivity contribution >= 4 is 0 Å². The topological polar surface area (TPSA) is 75.6 Å². The van der Waals surface area contributed by atoms with Crippen LogP contribution in [0.3, 0.4) is 0 Å². The molecule has 4 heterocycles. The van der Waals surface area contributed by atoms with Crippen molar-refractivity contribution in [3.63, 3.8) is 0 Å². The van der Waals surface area contributed by atoms with Crippen molar-refractivity contribution in [3.05, 3.63) is 41.5 Å². The van der Waals surface area contributed by atoms with Gasteiger partial charge in [0.2, 0.25) is 19.3 Å². The van der Waals surface area contributed by atoms with Crippen LogP contribution in [0.5, 0.6) is 28.7 Å². The molecular weight excluding hydrogens is 352 g/mol. The highest BCUT2D eigenvalue weighted by Gasteiger charge is 2.49. The van der Waals surface area contributed by atoms with Gasteiger partial charge in [-0.2, -0.15) is 0 Å². The third-order valence-corrected chi connectivity index (χ3v) is 5.84. The predicted molar refractivity (Wildman–Crippen MR) is 91.2 cm³/mol. The van der Waals surface area contributed by atoms with Crippen molar-refractivity contribution in [2.45, 2.75) is 12.2 Å². The molecule has 0 saturated carbocycles. The van der Waals surface area contributed by atoms with E-state index in [-0.39, 0.29) is 43.4 Å². The average molecular weight is 370 g/mol. The highest BCUT2D eigenvalue weighted by molar-refractivity contribution is 5.57. The summed E-state index contributed by atoms with van der Waals surface area (Å²) in [6, 6.07) is 9.60. The third kappa shape index (κ3) is 2.22. The molecule has 2 saturated heterocycles. The summed E-state index contributed by atoms with van der Waals surface area (Å²) in [6.45, 7) is 1.52. The Labute approximate surface area is 155 Å². The number of hydrogen-bond acceptors (Lipinski definition) is 7. The van der Waals surface area contributed by atoms with Crippen LogP contribution in [0, 0.1) is 11.8 Å². The van der Waals surface area contributed by atoms with Crippen molar-refractivity contribution in [3.8, 4) is 28.7 Å². The van der Waals surface area contributed by atoms with E-state index in [2.05, 4.69) is 0 Å². The van der Waals surface area contributed by atoms with Gasteiger partial charge in [-0.15, -0.1) is 0 Å². The molecule has 2 aromatic carbocycles. The smallest absolute Gasteiger partial charge is 0.231 e. The maximum atomic E-state index is 10.6. The third-order valence-electron chi connectivity index (χ3n) is 5.84. The van der Waals surface area contributed by atoms with Crippen molar-refractivity contribution < 1.29 is 33.5 Å². The SMILES string of the molecule is Oc1c([C@H]2OC[C@H]3[C@@H]2CO[C@@H]3c2ccc3c(c2)OCO3)ccc2c1OCO2. The maximum Gasteiger partial charge on any atom is 0.231 e. The normalized spacial score (nSPS) is 29.9. The number of ether oxygens (including phenoxy) is 6. The fraction of sp³-hybridized carbons (Fsp3) is 0.400. The molecule has 2 aromatic rings. The van der Waals surface area contributed by atoms with Crippen LogP contribution in [0.2, 0.25) is 0 Å². The zero-order valence-corrected chi connectivity index (χ0v) is 14.4. The van der Waals surface area contributed by atoms with Crippen LogP contribution >= 0.6 is 0 Å². The molecule has 4 aliphatic rings. The van der Waals surface area contributed by atoms with Gasteiger partial charge in [-0.25, -0.2) is 0 Å². The molecule has 0 aliphatic carbocycles. The summed E-state index contributed by atoms with van der Waals surface area (Å²) < 4.78 is 33.8. The summed E-state index contributed by atoms with van der Waals surface area (Å²) in [5, 5.41) is 10.6. The molecule has 0 spiro atoms. The number of hydrogen-bond donors (Lipinski definition) is 1. The van der Waals surface area contributed by atoms with Crippen LogP contribution in [0.4, 0.5) is 0 Å². The maximum absolute atomic E-state index is 10.6. The molecule has 0 aromatic heterocycles. The first-order valence-electron chi connectivity index (χ1n) is 9.04. The van der Waals surface area contributed by atoms with Gasteiger partial charge in [0.25, 0.3) is 0 Å². The molecule has 4 atom stereocenters. The second-order valence-corrected chi connectivity index (χ2v) is 7.19. The van der Waals surface area contributed by atoms with Crippen LogP contribution in [0.15, 0.2) is 30.3 Å². The summed E-state index contributed by atoms with van der Waals surface area (Å²) in [6.07, 6.45) is -0.297. The number of phenolic OH excluding ortho intramolecular Hbond substituents is 1. The summed E-state index contributed by atoms with van der Waals surface area (Å²) in [4.78, 5) is 0. The monoisotopic (exact) mass is 370 g/mol. The van der Waals surface area contributed by atoms with Gasteiger partial charge >= 0.3 is 0 Å². The van der Waals surface area contributed by atoms with Crippen LogP contribution in [0.25, 0.3) is 0 Å². The molecule has 4 aliphatic heterocycles. The van der Waals surface area contributed by atoms with Gasteiger partial charge in [0.1, 0.15) is 0 Å². The van der Waals surface area contributed by atoms with Gasteiger partial charge in [-0.05, 0) is 29.8 Å². The Morgan fingerprint density at radius 3 is 2.37 bits per heavy atom. The molecule has 27 heavy (non-hydrogen) atoms. The zero-order chi connectivity index (χ0) is 18.0. The zero-order valence-electron chi connectivity index (χ0n) is 14.4. The molecule has 2 fully saturated rings. The van der Waals surface area contributed by atoms with E-state index >= 15 is 0 Å². The quantitative estimate of drug-likeness (QED) is 0.871. The Hall–Kier alpha value is -2.64. The molecule has 0 radical (unpaired) electrons. The van der Waals surface area contributed by atoms with E-state index in [1.54, 1.807) is 0 Å². The largest absolute Gasteiger partial charge is 0.504 e. The standard InChI is InChI=1S/C20H18O7/c21-17-11(2-4-15-20(17)27-9-25-15)19-13-7-22-18(12(13)6-23-19)10-1-3-14-16(5-10)26-8-24-14/h1-5,12-13,18-19,21H,6-9H2/t12-,13-,18+,19+/m0/s1. The minimum Gasteiger partial charge on any atom is -0.504 e. The average Bonchev–Trinajstić information content (AvgIpc) is 3.45. The van der Waals surface area contributed by atoms with Crippen LogP contribution in [-0.4, -0.2) is 31.9 Å². The van der Waals surface area contributed by atoms with Crippen molar-refractivity contribution in [2.24, 2.45) is 11.8 Å². The van der Waals surface area contributed by atoms with E-state index in [1.165, 1.54) is 0 Å². The molecule has 7 heteroatoms. The van der Waals surface area contributed by atoms with Gasteiger partial charge in [-0.3, -0.25) is 0 Å². The Morgan fingerprint density at radius 1 is 0.741 bits per heavy atom.